The van der Waals surface area contributed by atoms with Crippen molar-refractivity contribution in [2.45, 2.75) is 427 Å². The van der Waals surface area contributed by atoms with E-state index in [4.69, 9.17) is 85.3 Å². The van der Waals surface area contributed by atoms with Crippen molar-refractivity contribution in [2.75, 3.05) is 73.4 Å². The van der Waals surface area contributed by atoms with Gasteiger partial charge in [0.2, 0.25) is 0 Å². The molecule has 16 fully saturated rings. The van der Waals surface area contributed by atoms with Gasteiger partial charge in [-0.1, -0.05) is 139 Å². The van der Waals surface area contributed by atoms with Crippen LogP contribution >= 0.6 is 0 Å². The summed E-state index contributed by atoms with van der Waals surface area (Å²) >= 11 is 0. The maximum atomic E-state index is 13.6. The standard InChI is InChI=1S/C34H62O8.C23H40O4.2C13H18O5.2C7H12O2.2CH4/c1-13-30(11,12)26(35)42-34-17-31(39-23-36-20-27(2,3)4)14-32(18-34,40-24-37-21-28(5,6)7)16-33(15-31,19-34)41-25-38-22-29(8,9)10;1-7-21(5,6)19(24)27-23-11-17-8-18(12-23)10-22(9-17,13-23)15-26-16-25-14-20(2,3)4;2*1-4-13(2,3)12(15)18-9-7-5-6-8(16-7)10(9)17-11(6)14;2*1-3-7(2)4-5-9-6(7)8;;/h13-25H2,1-12H3;17-18H,7-16H2,1-6H3;2*6-10H,4-5H2,1-3H3;2*3-5H2,1-2H3;2*1H4. The molecule has 8 aliphatic heterocycles. The monoisotopic (exact) mass is 1780 g/mol. The smallest absolute Gasteiger partial charge is 0.312 e. The first-order valence-electron chi connectivity index (χ1n) is 46.5. The molecule has 0 amide bonds. The zero-order chi connectivity index (χ0) is 91.6. The normalized spacial score (nSPS) is 35.1. The lowest BCUT2D eigenvalue weighted by Gasteiger charge is -2.68. The quantitative estimate of drug-likeness (QED) is 0.0269. The molecule has 722 valence electrons. The van der Waals surface area contributed by atoms with Crippen molar-refractivity contribution in [3.05, 3.63) is 0 Å². The van der Waals surface area contributed by atoms with Crippen LogP contribution in [0.25, 0.3) is 0 Å². The predicted octanol–water partition coefficient (Wildman–Crippen LogP) is 18.8. The molecule has 125 heavy (non-hydrogen) atoms. The molecule has 8 heterocycles. The highest BCUT2D eigenvalue weighted by Gasteiger charge is 2.73. The molecule has 0 radical (unpaired) electrons. The lowest BCUT2D eigenvalue weighted by molar-refractivity contribution is -0.354. The average Bonchev–Trinajstić information content (AvgIpc) is 1.45. The van der Waals surface area contributed by atoms with Crippen LogP contribution in [0.15, 0.2) is 0 Å². The summed E-state index contributed by atoms with van der Waals surface area (Å²) in [5.74, 6) is -0.0807. The van der Waals surface area contributed by atoms with Crippen molar-refractivity contribution in [2.24, 2.45) is 83.2 Å². The van der Waals surface area contributed by atoms with Gasteiger partial charge in [-0.2, -0.15) is 0 Å². The third-order valence-electron chi connectivity index (χ3n) is 28.8. The van der Waals surface area contributed by atoms with Crippen LogP contribution < -0.4 is 0 Å². The fourth-order valence-corrected chi connectivity index (χ4v) is 20.2. The first kappa shape index (κ1) is 107. The van der Waals surface area contributed by atoms with E-state index in [2.05, 4.69) is 90.0 Å². The Morgan fingerprint density at radius 2 is 0.688 bits per heavy atom. The van der Waals surface area contributed by atoms with E-state index in [1.165, 1.54) is 19.3 Å². The second-order valence-corrected chi connectivity index (χ2v) is 47.2. The molecule has 0 N–H and O–H groups in total. The highest BCUT2D eigenvalue weighted by Crippen LogP contribution is 2.67. The summed E-state index contributed by atoms with van der Waals surface area (Å²) < 4.78 is 105. The highest BCUT2D eigenvalue weighted by atomic mass is 16.7. The summed E-state index contributed by atoms with van der Waals surface area (Å²) in [5, 5.41) is 0. The van der Waals surface area contributed by atoms with Crippen LogP contribution in [0.2, 0.25) is 0 Å². The second-order valence-electron chi connectivity index (χ2n) is 47.2. The fraction of sp³-hybridized carbons (Fsp3) is 0.919. The van der Waals surface area contributed by atoms with E-state index < -0.39 is 68.5 Å². The van der Waals surface area contributed by atoms with Gasteiger partial charge >= 0.3 is 47.8 Å². The van der Waals surface area contributed by atoms with E-state index in [1.807, 2.05) is 104 Å². The van der Waals surface area contributed by atoms with Crippen LogP contribution in [-0.2, 0) is 124 Å². The van der Waals surface area contributed by atoms with Gasteiger partial charge in [-0.3, -0.25) is 38.4 Å². The van der Waals surface area contributed by atoms with E-state index in [1.54, 1.807) is 0 Å². The Morgan fingerprint density at radius 3 is 0.984 bits per heavy atom. The first-order chi connectivity index (χ1) is 56.8. The maximum absolute atomic E-state index is 13.6. The molecule has 8 saturated heterocycles. The van der Waals surface area contributed by atoms with Crippen LogP contribution in [0.1, 0.15) is 350 Å². The largest absolute Gasteiger partial charge is 0.465 e. The van der Waals surface area contributed by atoms with Gasteiger partial charge in [-0.05, 0) is 211 Å². The van der Waals surface area contributed by atoms with Crippen LogP contribution in [0.5, 0.6) is 0 Å². The molecule has 26 nitrogen and oxygen atoms in total. The number of ether oxygens (including phenoxy) is 18. The molecule has 8 saturated carbocycles. The molecule has 0 aromatic heterocycles. The Hall–Kier alpha value is -4.64. The minimum Gasteiger partial charge on any atom is -0.465 e. The molecule has 16 rings (SSSR count). The van der Waals surface area contributed by atoms with Gasteiger partial charge in [0.05, 0.1) is 120 Å². The summed E-state index contributed by atoms with van der Waals surface area (Å²) in [6.07, 6.45) is 15.9. The third-order valence-corrected chi connectivity index (χ3v) is 28.8. The van der Waals surface area contributed by atoms with Crippen LogP contribution in [0.4, 0.5) is 0 Å². The number of rotatable bonds is 31. The fourth-order valence-electron chi connectivity index (χ4n) is 20.2. The van der Waals surface area contributed by atoms with Crippen molar-refractivity contribution >= 4 is 47.8 Å². The first-order valence-corrected chi connectivity index (χ1v) is 46.5. The lowest BCUT2D eigenvalue weighted by Crippen LogP contribution is -2.74. The summed E-state index contributed by atoms with van der Waals surface area (Å²) in [6, 6.07) is 0. The van der Waals surface area contributed by atoms with Gasteiger partial charge in [0.1, 0.15) is 50.6 Å². The Balaban J connectivity index is 0.000000222. The van der Waals surface area contributed by atoms with Gasteiger partial charge in [0.15, 0.2) is 24.4 Å². The van der Waals surface area contributed by atoms with E-state index in [0.717, 1.165) is 58.0 Å². The Bertz CT molecular complexity index is 3400. The van der Waals surface area contributed by atoms with Crippen LogP contribution in [0, 0.1) is 83.2 Å². The zero-order valence-corrected chi connectivity index (χ0v) is 80.9. The molecule has 16 aliphatic rings. The van der Waals surface area contributed by atoms with Crippen LogP contribution in [-0.4, -0.2) is 198 Å². The Labute approximate surface area is 751 Å². The van der Waals surface area contributed by atoms with Gasteiger partial charge < -0.3 is 85.3 Å². The van der Waals surface area contributed by atoms with E-state index in [9.17, 15) is 38.4 Å². The number of hydrogen-bond acceptors (Lipinski definition) is 26. The van der Waals surface area contributed by atoms with Crippen molar-refractivity contribution in [3.8, 4) is 0 Å². The summed E-state index contributed by atoms with van der Waals surface area (Å²) in [5.41, 5.74) is -4.85. The number of fused-ring (bicyclic) bond motifs is 2. The SMILES string of the molecule is C.C.CCC(C)(C)C(=O)OC12CC3(OCOCC(C)(C)C)CC(OCOCC(C)(C)C)(CC(OCOCC(C)(C)C)(C3)C1)C2.CCC(C)(C)C(=O)OC12CC3CC(CC(COCOCC(C)(C)C)(C3)C1)C2.CCC(C)(C)C(=O)OC1C2CC3C(=O)OC1C3O2.CCC(C)(C)C(=O)OC1C2CC3C(=O)OC1C3O2.CCC1(C)CCOC1=O.CCC1(C)CCOC1=O. The minimum atomic E-state index is -0.781. The molecule has 14 atom stereocenters. The minimum absolute atomic E-state index is 0. The topological polar surface area (TPSA) is 303 Å². The number of carbonyl (C=O) groups is 8. The van der Waals surface area contributed by atoms with Crippen molar-refractivity contribution in [3.63, 3.8) is 0 Å². The number of carbonyl (C=O) groups excluding carboxylic acids is 8. The molecule has 8 aliphatic carbocycles. The number of esters is 8. The van der Waals surface area contributed by atoms with Gasteiger partial charge in [0, 0.05) is 38.5 Å². The molecule has 12 bridgehead atoms. The van der Waals surface area contributed by atoms with E-state index >= 15 is 0 Å². The van der Waals surface area contributed by atoms with E-state index in [0.29, 0.717) is 129 Å². The Kier molecular flexibility index (Phi) is 35.1. The third kappa shape index (κ3) is 26.7. The zero-order valence-electron chi connectivity index (χ0n) is 80.9. The summed E-state index contributed by atoms with van der Waals surface area (Å²) in [4.78, 5) is 95.4. The Morgan fingerprint density at radius 1 is 0.376 bits per heavy atom. The lowest BCUT2D eigenvalue weighted by atomic mass is 9.48. The van der Waals surface area contributed by atoms with Crippen molar-refractivity contribution < 1.29 is 124 Å². The van der Waals surface area contributed by atoms with Gasteiger partial charge in [-0.25, -0.2) is 0 Å². The maximum Gasteiger partial charge on any atom is 0.312 e. The highest BCUT2D eigenvalue weighted by molar-refractivity contribution is 5.81. The predicted molar refractivity (Wildman–Crippen MR) is 472 cm³/mol. The molecule has 0 spiro atoms. The van der Waals surface area contributed by atoms with Crippen molar-refractivity contribution in [1.82, 2.24) is 0 Å². The van der Waals surface area contributed by atoms with Crippen molar-refractivity contribution in [1.29, 1.82) is 0 Å². The summed E-state index contributed by atoms with van der Waals surface area (Å²) in [7, 11) is 0. The second kappa shape index (κ2) is 40.8. The van der Waals surface area contributed by atoms with E-state index in [-0.39, 0.29) is 163 Å². The van der Waals surface area contributed by atoms with Gasteiger partial charge in [0.25, 0.3) is 0 Å². The number of hydrogen-bond donors (Lipinski definition) is 0. The van der Waals surface area contributed by atoms with Crippen LogP contribution in [0.3, 0.4) is 0 Å². The summed E-state index contributed by atoms with van der Waals surface area (Å²) in [6.45, 7) is 62.3. The number of cyclic esters (lactones) is 2. The molecule has 0 aromatic rings. The molecule has 0 aromatic carbocycles. The molecular weight excluding hydrogens is 1610 g/mol. The molecule has 26 heteroatoms. The van der Waals surface area contributed by atoms with Gasteiger partial charge in [-0.15, -0.1) is 0 Å². The molecular formula is C99H170O26. The molecule has 14 unspecified atom stereocenters. The average molecular weight is 1780 g/mol.